The molecular formula is C23H22N2O2S. The lowest BCUT2D eigenvalue weighted by Gasteiger charge is -2.09. The molecule has 3 aromatic rings. The van der Waals surface area contributed by atoms with Crippen LogP contribution in [0, 0.1) is 13.8 Å². The summed E-state index contributed by atoms with van der Waals surface area (Å²) >= 11 is 1.45. The third-order valence-corrected chi connectivity index (χ3v) is 5.19. The van der Waals surface area contributed by atoms with Crippen molar-refractivity contribution in [3.8, 4) is 0 Å². The van der Waals surface area contributed by atoms with Crippen LogP contribution in [-0.2, 0) is 4.79 Å². The largest absolute Gasteiger partial charge is 0.325 e. The zero-order valence-corrected chi connectivity index (χ0v) is 16.7. The van der Waals surface area contributed by atoms with Crippen molar-refractivity contribution >= 4 is 35.0 Å². The first-order chi connectivity index (χ1) is 13.5. The van der Waals surface area contributed by atoms with Crippen molar-refractivity contribution in [3.05, 3.63) is 89.5 Å². The molecule has 2 amide bonds. The fraction of sp³-hybridized carbons (Fsp3) is 0.130. The number of carbonyl (C=O) groups excluding carboxylic acids is 2. The highest BCUT2D eigenvalue weighted by Crippen LogP contribution is 2.21. The lowest BCUT2D eigenvalue weighted by molar-refractivity contribution is -0.113. The molecule has 2 N–H and O–H groups in total. The van der Waals surface area contributed by atoms with Crippen LogP contribution in [0.15, 0.2) is 77.7 Å². The minimum atomic E-state index is -0.129. The first-order valence-electron chi connectivity index (χ1n) is 8.97. The van der Waals surface area contributed by atoms with E-state index in [4.69, 9.17) is 0 Å². The topological polar surface area (TPSA) is 58.2 Å². The van der Waals surface area contributed by atoms with Gasteiger partial charge in [0.2, 0.25) is 5.91 Å². The van der Waals surface area contributed by atoms with Gasteiger partial charge in [0.05, 0.1) is 5.75 Å². The summed E-state index contributed by atoms with van der Waals surface area (Å²) in [7, 11) is 0. The van der Waals surface area contributed by atoms with E-state index in [1.807, 2.05) is 86.6 Å². The second-order valence-corrected chi connectivity index (χ2v) is 7.55. The van der Waals surface area contributed by atoms with E-state index in [0.29, 0.717) is 11.3 Å². The van der Waals surface area contributed by atoms with Crippen molar-refractivity contribution in [1.82, 2.24) is 0 Å². The third-order valence-electron chi connectivity index (χ3n) is 4.17. The summed E-state index contributed by atoms with van der Waals surface area (Å²) in [6.45, 7) is 3.90. The molecular weight excluding hydrogens is 368 g/mol. The zero-order chi connectivity index (χ0) is 19.9. The van der Waals surface area contributed by atoms with Crippen molar-refractivity contribution in [2.45, 2.75) is 18.7 Å². The van der Waals surface area contributed by atoms with Crippen molar-refractivity contribution < 1.29 is 9.59 Å². The molecule has 0 heterocycles. The third kappa shape index (κ3) is 5.47. The molecule has 0 aliphatic heterocycles. The molecule has 142 valence electrons. The highest BCUT2D eigenvalue weighted by Gasteiger charge is 2.09. The maximum absolute atomic E-state index is 12.4. The van der Waals surface area contributed by atoms with Crippen LogP contribution in [0.5, 0.6) is 0 Å². The molecule has 0 spiro atoms. The van der Waals surface area contributed by atoms with E-state index < -0.39 is 0 Å². The van der Waals surface area contributed by atoms with Crippen molar-refractivity contribution in [2.75, 3.05) is 16.4 Å². The van der Waals surface area contributed by atoms with Crippen LogP contribution in [-0.4, -0.2) is 17.6 Å². The average molecular weight is 391 g/mol. The Hall–Kier alpha value is -3.05. The van der Waals surface area contributed by atoms with Gasteiger partial charge in [-0.1, -0.05) is 30.3 Å². The van der Waals surface area contributed by atoms with Crippen LogP contribution < -0.4 is 10.6 Å². The number of anilines is 2. The summed E-state index contributed by atoms with van der Waals surface area (Å²) < 4.78 is 0. The lowest BCUT2D eigenvalue weighted by Crippen LogP contribution is -2.14. The first kappa shape index (κ1) is 19.7. The Bertz CT molecular complexity index is 984. The number of hydrogen-bond acceptors (Lipinski definition) is 3. The molecule has 0 atom stereocenters. The molecule has 3 aromatic carbocycles. The number of nitrogens with one attached hydrogen (secondary N) is 2. The SMILES string of the molecule is Cc1cccc(NC(=O)CSc2ccc(NC(=O)c3ccccc3C)cc2)c1. The molecule has 0 saturated carbocycles. The molecule has 0 aliphatic rings. The van der Waals surface area contributed by atoms with E-state index in [-0.39, 0.29) is 11.8 Å². The molecule has 3 rings (SSSR count). The van der Waals surface area contributed by atoms with Crippen LogP contribution in [0.25, 0.3) is 0 Å². The summed E-state index contributed by atoms with van der Waals surface area (Å²) in [5, 5.41) is 5.80. The molecule has 0 fully saturated rings. The van der Waals surface area contributed by atoms with E-state index >= 15 is 0 Å². The van der Waals surface area contributed by atoms with E-state index in [1.165, 1.54) is 11.8 Å². The molecule has 5 heteroatoms. The van der Waals surface area contributed by atoms with Gasteiger partial charge in [0.25, 0.3) is 5.91 Å². The number of rotatable bonds is 6. The molecule has 0 radical (unpaired) electrons. The maximum Gasteiger partial charge on any atom is 0.255 e. The molecule has 0 bridgehead atoms. The van der Waals surface area contributed by atoms with Gasteiger partial charge in [-0.05, 0) is 67.4 Å². The summed E-state index contributed by atoms with van der Waals surface area (Å²) in [6.07, 6.45) is 0. The predicted octanol–water partition coefficient (Wildman–Crippen LogP) is 5.29. The monoisotopic (exact) mass is 390 g/mol. The Kier molecular flexibility index (Phi) is 6.50. The quantitative estimate of drug-likeness (QED) is 0.563. The fourth-order valence-corrected chi connectivity index (χ4v) is 3.43. The standard InChI is InChI=1S/C23H22N2O2S/c1-16-6-5-8-19(14-16)24-22(26)15-28-20-12-10-18(11-13-20)25-23(27)21-9-4-3-7-17(21)2/h3-14H,15H2,1-2H3,(H,24,26)(H,25,27). The highest BCUT2D eigenvalue weighted by molar-refractivity contribution is 8.00. The maximum atomic E-state index is 12.4. The average Bonchev–Trinajstić information content (AvgIpc) is 2.68. The Morgan fingerprint density at radius 1 is 0.821 bits per heavy atom. The van der Waals surface area contributed by atoms with Crippen LogP contribution >= 0.6 is 11.8 Å². The van der Waals surface area contributed by atoms with Crippen molar-refractivity contribution in [3.63, 3.8) is 0 Å². The molecule has 0 aliphatic carbocycles. The van der Waals surface area contributed by atoms with Gasteiger partial charge in [-0.2, -0.15) is 0 Å². The normalized spacial score (nSPS) is 10.4. The number of hydrogen-bond donors (Lipinski definition) is 2. The molecule has 0 saturated heterocycles. The number of benzene rings is 3. The van der Waals surface area contributed by atoms with Gasteiger partial charge in [0.1, 0.15) is 0 Å². The summed E-state index contributed by atoms with van der Waals surface area (Å²) in [5.74, 6) is 0.145. The zero-order valence-electron chi connectivity index (χ0n) is 15.9. The van der Waals surface area contributed by atoms with E-state index in [2.05, 4.69) is 10.6 Å². The molecule has 0 unspecified atom stereocenters. The van der Waals surface area contributed by atoms with E-state index in [9.17, 15) is 9.59 Å². The smallest absolute Gasteiger partial charge is 0.255 e. The number of carbonyl (C=O) groups is 2. The van der Waals surface area contributed by atoms with Crippen LogP contribution in [0.4, 0.5) is 11.4 Å². The van der Waals surface area contributed by atoms with Crippen LogP contribution in [0.1, 0.15) is 21.5 Å². The Morgan fingerprint density at radius 2 is 1.57 bits per heavy atom. The molecule has 28 heavy (non-hydrogen) atoms. The van der Waals surface area contributed by atoms with Gasteiger partial charge in [-0.25, -0.2) is 0 Å². The summed E-state index contributed by atoms with van der Waals surface area (Å²) in [6, 6.07) is 22.7. The second-order valence-electron chi connectivity index (χ2n) is 6.50. The van der Waals surface area contributed by atoms with Gasteiger partial charge >= 0.3 is 0 Å². The van der Waals surface area contributed by atoms with Crippen LogP contribution in [0.2, 0.25) is 0 Å². The summed E-state index contributed by atoms with van der Waals surface area (Å²) in [5.41, 5.74) is 4.23. The molecule has 4 nitrogen and oxygen atoms in total. The lowest BCUT2D eigenvalue weighted by atomic mass is 10.1. The number of aryl methyl sites for hydroxylation is 2. The Balaban J connectivity index is 1.52. The minimum Gasteiger partial charge on any atom is -0.325 e. The number of amides is 2. The molecule has 0 aromatic heterocycles. The summed E-state index contributed by atoms with van der Waals surface area (Å²) in [4.78, 5) is 25.4. The minimum absolute atomic E-state index is 0.0486. The van der Waals surface area contributed by atoms with E-state index in [0.717, 1.165) is 27.4 Å². The highest BCUT2D eigenvalue weighted by atomic mass is 32.2. The Labute approximate surface area is 169 Å². The van der Waals surface area contributed by atoms with Crippen LogP contribution in [0.3, 0.4) is 0 Å². The predicted molar refractivity (Wildman–Crippen MR) is 116 cm³/mol. The van der Waals surface area contributed by atoms with Gasteiger partial charge in [-0.15, -0.1) is 11.8 Å². The van der Waals surface area contributed by atoms with Crippen molar-refractivity contribution in [1.29, 1.82) is 0 Å². The first-order valence-corrected chi connectivity index (χ1v) is 9.96. The van der Waals surface area contributed by atoms with Gasteiger partial charge in [0.15, 0.2) is 0 Å². The second kappa shape index (κ2) is 9.24. The Morgan fingerprint density at radius 3 is 2.29 bits per heavy atom. The number of thioether (sulfide) groups is 1. The van der Waals surface area contributed by atoms with Gasteiger partial charge in [0, 0.05) is 21.8 Å². The van der Waals surface area contributed by atoms with E-state index in [1.54, 1.807) is 0 Å². The van der Waals surface area contributed by atoms with Gasteiger partial charge < -0.3 is 10.6 Å². The van der Waals surface area contributed by atoms with Crippen molar-refractivity contribution in [2.24, 2.45) is 0 Å². The van der Waals surface area contributed by atoms with Gasteiger partial charge in [-0.3, -0.25) is 9.59 Å². The fourth-order valence-electron chi connectivity index (χ4n) is 2.73.